The predicted octanol–water partition coefficient (Wildman–Crippen LogP) is 4.06. The molecule has 3 rings (SSSR count). The van der Waals surface area contributed by atoms with E-state index in [-0.39, 0.29) is 12.1 Å². The van der Waals surface area contributed by atoms with Crippen LogP contribution in [-0.4, -0.2) is 19.2 Å². The maximum Gasteiger partial charge on any atom is 0.414 e. The number of nitrogens with zero attached hydrogens (tertiary/aromatic N) is 1. The average molecular weight is 310 g/mol. The number of carbonyl (C=O) groups is 1. The smallest absolute Gasteiger partial charge is 0.414 e. The first-order chi connectivity index (χ1) is 8.72. The molecule has 1 amide bonds. The minimum absolute atomic E-state index is 0.233. The van der Waals surface area contributed by atoms with Gasteiger partial charge in [-0.3, -0.25) is 4.90 Å². The second-order valence-electron chi connectivity index (χ2n) is 5.00. The van der Waals surface area contributed by atoms with Gasteiger partial charge in [0.2, 0.25) is 0 Å². The number of hydrogen-bond acceptors (Lipinski definition) is 2. The fourth-order valence-corrected chi connectivity index (χ4v) is 3.68. The highest BCUT2D eigenvalue weighted by molar-refractivity contribution is 9.10. The van der Waals surface area contributed by atoms with Gasteiger partial charge in [0.05, 0.1) is 12.8 Å². The van der Waals surface area contributed by atoms with Crippen LogP contribution in [0.25, 0.3) is 0 Å². The van der Waals surface area contributed by atoms with Crippen LogP contribution in [0.5, 0.6) is 0 Å². The lowest BCUT2D eigenvalue weighted by atomic mass is 9.82. The SMILES string of the molecule is COC(=O)N1c2cc(Br)ccc2[C@@H]2CCCC[C@H]21. The molecule has 1 aromatic carbocycles. The van der Waals surface area contributed by atoms with Crippen molar-refractivity contribution in [3.63, 3.8) is 0 Å². The lowest BCUT2D eigenvalue weighted by Gasteiger charge is -2.31. The number of benzene rings is 1. The van der Waals surface area contributed by atoms with Crippen LogP contribution >= 0.6 is 15.9 Å². The Morgan fingerprint density at radius 1 is 1.39 bits per heavy atom. The quantitative estimate of drug-likeness (QED) is 0.723. The van der Waals surface area contributed by atoms with Gasteiger partial charge in [-0.05, 0) is 30.5 Å². The Morgan fingerprint density at radius 3 is 2.94 bits per heavy atom. The Labute approximate surface area is 115 Å². The predicted molar refractivity (Wildman–Crippen MR) is 74.0 cm³/mol. The van der Waals surface area contributed by atoms with Crippen LogP contribution in [0.1, 0.15) is 37.2 Å². The molecule has 1 fully saturated rings. The number of halogens is 1. The van der Waals surface area contributed by atoms with E-state index in [0.29, 0.717) is 5.92 Å². The summed E-state index contributed by atoms with van der Waals surface area (Å²) in [5.41, 5.74) is 2.32. The number of fused-ring (bicyclic) bond motifs is 3. The van der Waals surface area contributed by atoms with E-state index in [1.165, 1.54) is 31.9 Å². The molecule has 0 spiro atoms. The highest BCUT2D eigenvalue weighted by Crippen LogP contribution is 2.48. The molecule has 1 saturated carbocycles. The molecule has 1 aromatic rings. The van der Waals surface area contributed by atoms with Crippen LogP contribution < -0.4 is 4.90 Å². The second kappa shape index (κ2) is 4.57. The Bertz CT molecular complexity index is 489. The molecule has 4 heteroatoms. The third kappa shape index (κ3) is 1.74. The molecular weight excluding hydrogens is 294 g/mol. The minimum atomic E-state index is -0.233. The van der Waals surface area contributed by atoms with Crippen LogP contribution in [0.2, 0.25) is 0 Å². The molecule has 2 aliphatic rings. The fourth-order valence-electron chi connectivity index (χ4n) is 3.33. The number of amides is 1. The first-order valence-corrected chi connectivity index (χ1v) is 7.18. The molecule has 3 nitrogen and oxygen atoms in total. The molecule has 18 heavy (non-hydrogen) atoms. The van der Waals surface area contributed by atoms with Gasteiger partial charge >= 0.3 is 6.09 Å². The van der Waals surface area contributed by atoms with E-state index in [1.54, 1.807) is 0 Å². The molecule has 0 aromatic heterocycles. The van der Waals surface area contributed by atoms with E-state index >= 15 is 0 Å². The average Bonchev–Trinajstić information content (AvgIpc) is 2.71. The van der Waals surface area contributed by atoms with E-state index in [4.69, 9.17) is 4.74 Å². The molecule has 0 N–H and O–H groups in total. The molecule has 1 heterocycles. The standard InChI is InChI=1S/C14H16BrNO2/c1-18-14(17)16-12-5-3-2-4-10(12)11-7-6-9(15)8-13(11)16/h6-8,10,12H,2-5H2,1H3/t10-,12+/m0/s1. The Morgan fingerprint density at radius 2 is 2.17 bits per heavy atom. The van der Waals surface area contributed by atoms with E-state index in [9.17, 15) is 4.79 Å². The molecule has 96 valence electrons. The lowest BCUT2D eigenvalue weighted by Crippen LogP contribution is -2.40. The summed E-state index contributed by atoms with van der Waals surface area (Å²) in [4.78, 5) is 13.9. The van der Waals surface area contributed by atoms with Crippen molar-refractivity contribution < 1.29 is 9.53 Å². The van der Waals surface area contributed by atoms with E-state index in [1.807, 2.05) is 11.0 Å². The normalized spacial score (nSPS) is 25.6. The van der Waals surface area contributed by atoms with Crippen LogP contribution in [0.3, 0.4) is 0 Å². The highest BCUT2D eigenvalue weighted by atomic mass is 79.9. The first kappa shape index (κ1) is 12.0. The molecule has 1 aliphatic carbocycles. The monoisotopic (exact) mass is 309 g/mol. The number of methoxy groups -OCH3 is 1. The number of carbonyl (C=O) groups excluding carboxylic acids is 1. The van der Waals surface area contributed by atoms with Crippen molar-refractivity contribution in [1.82, 2.24) is 0 Å². The molecule has 0 bridgehead atoms. The van der Waals surface area contributed by atoms with Gasteiger partial charge in [-0.25, -0.2) is 4.79 Å². The van der Waals surface area contributed by atoms with Gasteiger partial charge in [0.15, 0.2) is 0 Å². The summed E-state index contributed by atoms with van der Waals surface area (Å²) in [5, 5.41) is 0. The third-order valence-corrected chi connectivity index (χ3v) is 4.58. The van der Waals surface area contributed by atoms with Gasteiger partial charge in [-0.2, -0.15) is 0 Å². The zero-order chi connectivity index (χ0) is 12.7. The van der Waals surface area contributed by atoms with Crippen LogP contribution in [-0.2, 0) is 4.74 Å². The zero-order valence-corrected chi connectivity index (χ0v) is 11.9. The summed E-state index contributed by atoms with van der Waals surface area (Å²) in [6.07, 6.45) is 4.47. The topological polar surface area (TPSA) is 29.5 Å². The number of hydrogen-bond donors (Lipinski definition) is 0. The lowest BCUT2D eigenvalue weighted by molar-refractivity contribution is 0.174. The first-order valence-electron chi connectivity index (χ1n) is 6.39. The number of anilines is 1. The largest absolute Gasteiger partial charge is 0.452 e. The molecule has 0 radical (unpaired) electrons. The van der Waals surface area contributed by atoms with Crippen molar-refractivity contribution in [2.45, 2.75) is 37.6 Å². The van der Waals surface area contributed by atoms with Gasteiger partial charge < -0.3 is 4.74 Å². The maximum atomic E-state index is 12.0. The highest BCUT2D eigenvalue weighted by Gasteiger charge is 2.43. The fraction of sp³-hybridized carbons (Fsp3) is 0.500. The Kier molecular flexibility index (Phi) is 3.06. The zero-order valence-electron chi connectivity index (χ0n) is 10.4. The Hall–Kier alpha value is -1.03. The van der Waals surface area contributed by atoms with Gasteiger partial charge in [0.25, 0.3) is 0 Å². The third-order valence-electron chi connectivity index (χ3n) is 4.08. The minimum Gasteiger partial charge on any atom is -0.452 e. The van der Waals surface area contributed by atoms with Crippen molar-refractivity contribution in [3.8, 4) is 0 Å². The molecule has 1 aliphatic heterocycles. The van der Waals surface area contributed by atoms with E-state index in [0.717, 1.165) is 16.6 Å². The van der Waals surface area contributed by atoms with Crippen molar-refractivity contribution in [1.29, 1.82) is 0 Å². The maximum absolute atomic E-state index is 12.0. The van der Waals surface area contributed by atoms with E-state index in [2.05, 4.69) is 28.1 Å². The number of ether oxygens (including phenoxy) is 1. The molecule has 0 saturated heterocycles. The van der Waals surface area contributed by atoms with Gasteiger partial charge in [0, 0.05) is 16.4 Å². The molecule has 0 unspecified atom stereocenters. The van der Waals surface area contributed by atoms with Crippen molar-refractivity contribution in [3.05, 3.63) is 28.2 Å². The van der Waals surface area contributed by atoms with Crippen LogP contribution in [0.4, 0.5) is 10.5 Å². The summed E-state index contributed by atoms with van der Waals surface area (Å²) < 4.78 is 5.96. The number of rotatable bonds is 0. The summed E-state index contributed by atoms with van der Waals surface area (Å²) in [7, 11) is 1.45. The molecular formula is C14H16BrNO2. The van der Waals surface area contributed by atoms with Crippen molar-refractivity contribution in [2.24, 2.45) is 0 Å². The summed E-state index contributed by atoms with van der Waals surface area (Å²) >= 11 is 3.48. The van der Waals surface area contributed by atoms with Gasteiger partial charge in [-0.15, -0.1) is 0 Å². The van der Waals surface area contributed by atoms with Gasteiger partial charge in [-0.1, -0.05) is 34.8 Å². The summed E-state index contributed by atoms with van der Waals surface area (Å²) in [6, 6.07) is 6.52. The van der Waals surface area contributed by atoms with Crippen molar-refractivity contribution in [2.75, 3.05) is 12.0 Å². The van der Waals surface area contributed by atoms with Crippen molar-refractivity contribution >= 4 is 27.7 Å². The Balaban J connectivity index is 2.08. The molecule has 2 atom stereocenters. The summed E-state index contributed by atoms with van der Waals surface area (Å²) in [6.45, 7) is 0. The summed E-state index contributed by atoms with van der Waals surface area (Å²) in [5.74, 6) is 0.487. The van der Waals surface area contributed by atoms with E-state index < -0.39 is 0 Å². The second-order valence-corrected chi connectivity index (χ2v) is 5.92. The van der Waals surface area contributed by atoms with Crippen LogP contribution in [0.15, 0.2) is 22.7 Å². The van der Waals surface area contributed by atoms with Crippen LogP contribution in [0, 0.1) is 0 Å². The van der Waals surface area contributed by atoms with Gasteiger partial charge in [0.1, 0.15) is 0 Å².